The van der Waals surface area contributed by atoms with Crippen LogP contribution in [0, 0.1) is 0 Å². The molecule has 0 aliphatic heterocycles. The predicted molar refractivity (Wildman–Crippen MR) is 90.9 cm³/mol. The summed E-state index contributed by atoms with van der Waals surface area (Å²) in [7, 11) is 0. The number of amides is 1. The molecule has 0 saturated carbocycles. The summed E-state index contributed by atoms with van der Waals surface area (Å²) in [6, 6.07) is 9.97. The number of benzene rings is 1. The van der Waals surface area contributed by atoms with Gasteiger partial charge in [-0.15, -0.1) is 18.3 Å². The Morgan fingerprint density at radius 3 is 2.86 bits per heavy atom. The Morgan fingerprint density at radius 2 is 2.23 bits per heavy atom. The number of aromatic nitrogens is 2. The molecule has 22 heavy (non-hydrogen) atoms. The Labute approximate surface area is 135 Å². The second-order valence-electron chi connectivity index (χ2n) is 4.92. The summed E-state index contributed by atoms with van der Waals surface area (Å²) in [5, 5.41) is 0. The molecule has 116 valence electrons. The van der Waals surface area contributed by atoms with Gasteiger partial charge in [-0.25, -0.2) is 4.98 Å². The van der Waals surface area contributed by atoms with Crippen LogP contribution in [-0.4, -0.2) is 39.2 Å². The van der Waals surface area contributed by atoms with Gasteiger partial charge in [-0.2, -0.15) is 0 Å². The summed E-state index contributed by atoms with van der Waals surface area (Å²) >= 11 is 1.75. The van der Waals surface area contributed by atoms with Crippen LogP contribution in [0.25, 0.3) is 0 Å². The second kappa shape index (κ2) is 8.44. The third-order valence-electron chi connectivity index (χ3n) is 3.36. The number of nitrogens with zero attached hydrogens (tertiary/aromatic N) is 3. The molecule has 0 fully saturated rings. The van der Waals surface area contributed by atoms with E-state index in [4.69, 9.17) is 0 Å². The molecule has 1 amide bonds. The molecule has 2 aromatic rings. The molecule has 0 aliphatic rings. The number of rotatable bonds is 8. The molecule has 1 atom stereocenters. The highest BCUT2D eigenvalue weighted by Gasteiger charge is 2.20. The van der Waals surface area contributed by atoms with E-state index in [2.05, 4.69) is 23.7 Å². The fourth-order valence-electron chi connectivity index (χ4n) is 2.13. The Balaban J connectivity index is 1.91. The van der Waals surface area contributed by atoms with Crippen LogP contribution in [0.2, 0.25) is 0 Å². The maximum atomic E-state index is 12.6. The van der Waals surface area contributed by atoms with Gasteiger partial charge >= 0.3 is 0 Å². The van der Waals surface area contributed by atoms with Gasteiger partial charge in [-0.3, -0.25) is 4.79 Å². The molecule has 1 aromatic carbocycles. The maximum Gasteiger partial charge on any atom is 0.245 e. The molecule has 5 heteroatoms. The number of imidazole rings is 1. The summed E-state index contributed by atoms with van der Waals surface area (Å²) in [6.07, 6.45) is 6.94. The van der Waals surface area contributed by atoms with Gasteiger partial charge in [0.15, 0.2) is 0 Å². The minimum absolute atomic E-state index is 0.0894. The van der Waals surface area contributed by atoms with Crippen molar-refractivity contribution < 1.29 is 4.79 Å². The summed E-state index contributed by atoms with van der Waals surface area (Å²) in [5.41, 5.74) is 0. The third-order valence-corrected chi connectivity index (χ3v) is 4.36. The molecule has 0 spiro atoms. The smallest absolute Gasteiger partial charge is 0.245 e. The molecule has 1 heterocycles. The van der Waals surface area contributed by atoms with Crippen molar-refractivity contribution in [3.63, 3.8) is 0 Å². The van der Waals surface area contributed by atoms with Crippen molar-refractivity contribution in [1.82, 2.24) is 14.5 Å². The van der Waals surface area contributed by atoms with Crippen LogP contribution in [0.1, 0.15) is 13.0 Å². The Morgan fingerprint density at radius 1 is 1.45 bits per heavy atom. The minimum Gasteiger partial charge on any atom is -0.336 e. The summed E-state index contributed by atoms with van der Waals surface area (Å²) in [4.78, 5) is 19.7. The molecule has 1 unspecified atom stereocenters. The molecule has 0 saturated heterocycles. The minimum atomic E-state index is -0.246. The zero-order valence-electron chi connectivity index (χ0n) is 12.8. The second-order valence-corrected chi connectivity index (χ2v) is 6.09. The first kappa shape index (κ1) is 16.4. The van der Waals surface area contributed by atoms with Crippen LogP contribution in [-0.2, 0) is 4.79 Å². The largest absolute Gasteiger partial charge is 0.336 e. The number of thioether (sulfide) groups is 1. The summed E-state index contributed by atoms with van der Waals surface area (Å²) in [5.74, 6) is 0.951. The Bertz CT molecular complexity index is 583. The van der Waals surface area contributed by atoms with E-state index in [0.29, 0.717) is 13.1 Å². The van der Waals surface area contributed by atoms with E-state index in [0.717, 1.165) is 5.75 Å². The van der Waals surface area contributed by atoms with Crippen molar-refractivity contribution in [2.24, 2.45) is 0 Å². The van der Waals surface area contributed by atoms with Gasteiger partial charge in [0.1, 0.15) is 6.04 Å². The Hall–Kier alpha value is -2.01. The van der Waals surface area contributed by atoms with Gasteiger partial charge in [-0.1, -0.05) is 24.3 Å². The first-order chi connectivity index (χ1) is 10.7. The monoisotopic (exact) mass is 315 g/mol. The first-order valence-electron chi connectivity index (χ1n) is 7.27. The number of carbonyl (C=O) groups excluding carboxylic acids is 1. The van der Waals surface area contributed by atoms with E-state index in [1.807, 2.05) is 40.8 Å². The molecular weight excluding hydrogens is 294 g/mol. The SMILES string of the molecule is C=CCN(CCSc1ccccc1)C(=O)C(C)n1ccnc1. The van der Waals surface area contributed by atoms with Crippen LogP contribution in [0.4, 0.5) is 0 Å². The van der Waals surface area contributed by atoms with Gasteiger partial charge in [0, 0.05) is 36.1 Å². The van der Waals surface area contributed by atoms with Crippen molar-refractivity contribution in [2.45, 2.75) is 17.9 Å². The van der Waals surface area contributed by atoms with Crippen LogP contribution in [0.3, 0.4) is 0 Å². The van der Waals surface area contributed by atoms with Crippen molar-refractivity contribution >= 4 is 17.7 Å². The van der Waals surface area contributed by atoms with Gasteiger partial charge in [-0.05, 0) is 19.1 Å². The number of hydrogen-bond donors (Lipinski definition) is 0. The zero-order valence-corrected chi connectivity index (χ0v) is 13.6. The lowest BCUT2D eigenvalue weighted by Crippen LogP contribution is -2.37. The maximum absolute atomic E-state index is 12.6. The highest BCUT2D eigenvalue weighted by molar-refractivity contribution is 7.99. The molecule has 4 nitrogen and oxygen atoms in total. The van der Waals surface area contributed by atoms with Crippen molar-refractivity contribution in [3.8, 4) is 0 Å². The topological polar surface area (TPSA) is 38.1 Å². The van der Waals surface area contributed by atoms with Crippen molar-refractivity contribution in [1.29, 1.82) is 0 Å². The fourth-order valence-corrected chi connectivity index (χ4v) is 3.02. The molecule has 0 bridgehead atoms. The van der Waals surface area contributed by atoms with Crippen LogP contribution < -0.4 is 0 Å². The standard InChI is InChI=1S/C17H21N3OS/c1-3-10-19(12-13-22-16-7-5-4-6-8-16)17(21)15(2)20-11-9-18-14-20/h3-9,11,14-15H,1,10,12-13H2,2H3. The molecule has 1 aromatic heterocycles. The lowest BCUT2D eigenvalue weighted by Gasteiger charge is -2.25. The zero-order chi connectivity index (χ0) is 15.8. The van der Waals surface area contributed by atoms with Crippen LogP contribution in [0.5, 0.6) is 0 Å². The molecule has 0 radical (unpaired) electrons. The van der Waals surface area contributed by atoms with Crippen LogP contribution in [0.15, 0.2) is 66.6 Å². The Kier molecular flexibility index (Phi) is 6.27. The number of hydrogen-bond acceptors (Lipinski definition) is 3. The third kappa shape index (κ3) is 4.49. The molecule has 0 aliphatic carbocycles. The molecule has 2 rings (SSSR count). The average Bonchev–Trinajstić information content (AvgIpc) is 3.08. The van der Waals surface area contributed by atoms with E-state index < -0.39 is 0 Å². The number of carbonyl (C=O) groups is 1. The van der Waals surface area contributed by atoms with Gasteiger partial charge in [0.2, 0.25) is 5.91 Å². The lowest BCUT2D eigenvalue weighted by atomic mass is 10.2. The average molecular weight is 315 g/mol. The van der Waals surface area contributed by atoms with E-state index in [1.165, 1.54) is 4.90 Å². The highest BCUT2D eigenvalue weighted by atomic mass is 32.2. The lowest BCUT2D eigenvalue weighted by molar-refractivity contribution is -0.133. The van der Waals surface area contributed by atoms with E-state index >= 15 is 0 Å². The van der Waals surface area contributed by atoms with Crippen molar-refractivity contribution in [2.75, 3.05) is 18.8 Å². The molecular formula is C17H21N3OS. The van der Waals surface area contributed by atoms with Crippen LogP contribution >= 0.6 is 11.8 Å². The summed E-state index contributed by atoms with van der Waals surface area (Å²) < 4.78 is 1.82. The van der Waals surface area contributed by atoms with Gasteiger partial charge in [0.25, 0.3) is 0 Å². The normalized spacial score (nSPS) is 11.9. The highest BCUT2D eigenvalue weighted by Crippen LogP contribution is 2.18. The molecule has 0 N–H and O–H groups in total. The van der Waals surface area contributed by atoms with Gasteiger partial charge in [0.05, 0.1) is 6.33 Å². The summed E-state index contributed by atoms with van der Waals surface area (Å²) in [6.45, 7) is 6.91. The van der Waals surface area contributed by atoms with E-state index in [9.17, 15) is 4.79 Å². The first-order valence-corrected chi connectivity index (χ1v) is 8.26. The van der Waals surface area contributed by atoms with E-state index in [1.54, 1.807) is 30.4 Å². The van der Waals surface area contributed by atoms with Gasteiger partial charge < -0.3 is 9.47 Å². The fraction of sp³-hybridized carbons (Fsp3) is 0.294. The van der Waals surface area contributed by atoms with Crippen molar-refractivity contribution in [3.05, 3.63) is 61.7 Å². The van der Waals surface area contributed by atoms with E-state index in [-0.39, 0.29) is 11.9 Å². The predicted octanol–water partition coefficient (Wildman–Crippen LogP) is 3.25. The quantitative estimate of drug-likeness (QED) is 0.554.